The Hall–Kier alpha value is -4.85. The lowest BCUT2D eigenvalue weighted by atomic mass is 10.0. The van der Waals surface area contributed by atoms with Crippen LogP contribution in [0, 0.1) is 20.8 Å². The van der Waals surface area contributed by atoms with E-state index in [1.165, 1.54) is 0 Å². The number of allylic oxidation sites excluding steroid dienone is 1. The standard InChI is InChI=1S/C34H36N4O4/c1-7-21-17(3)25-13-26-19(5)23(9-11-33(39)40)31(37-26)16-32-24(10-12-34(41)42)20(6)28(38-32)15-30-22(8-2)18(4)27(36-30)14-29(21)35-25/h7-8,13-16,29,36-38H,1-2,9-12H2,3-6H3,(H,39,40)(H,41,42). The summed E-state index contributed by atoms with van der Waals surface area (Å²) in [6.45, 7) is 16.2. The molecule has 2 aliphatic rings. The van der Waals surface area contributed by atoms with Crippen LogP contribution in [-0.2, 0) is 22.4 Å². The first kappa shape index (κ1) is 28.7. The van der Waals surface area contributed by atoms with Crippen LogP contribution in [0.2, 0.25) is 0 Å². The number of rotatable bonds is 8. The van der Waals surface area contributed by atoms with Gasteiger partial charge in [0.15, 0.2) is 0 Å². The fourth-order valence-electron chi connectivity index (χ4n) is 6.01. The Balaban J connectivity index is 1.89. The Morgan fingerprint density at radius 1 is 0.786 bits per heavy atom. The number of fused-ring (bicyclic) bond motifs is 7. The van der Waals surface area contributed by atoms with Gasteiger partial charge in [0, 0.05) is 51.2 Å². The second-order valence-electron chi connectivity index (χ2n) is 10.9. The highest BCUT2D eigenvalue weighted by molar-refractivity contribution is 6.22. The molecule has 5 rings (SSSR count). The molecule has 0 spiro atoms. The van der Waals surface area contributed by atoms with Crippen LogP contribution in [0.5, 0.6) is 0 Å². The van der Waals surface area contributed by atoms with E-state index in [1.807, 2.05) is 51.2 Å². The van der Waals surface area contributed by atoms with Gasteiger partial charge in [0.1, 0.15) is 0 Å². The van der Waals surface area contributed by atoms with Crippen LogP contribution < -0.4 is 21.4 Å². The minimum atomic E-state index is -0.869. The van der Waals surface area contributed by atoms with E-state index in [-0.39, 0.29) is 18.9 Å². The van der Waals surface area contributed by atoms with Gasteiger partial charge in [-0.2, -0.15) is 0 Å². The Morgan fingerprint density at radius 2 is 1.43 bits per heavy atom. The van der Waals surface area contributed by atoms with Gasteiger partial charge in [0.2, 0.25) is 0 Å². The van der Waals surface area contributed by atoms with E-state index in [0.717, 1.165) is 83.0 Å². The molecule has 42 heavy (non-hydrogen) atoms. The van der Waals surface area contributed by atoms with Crippen LogP contribution in [0.3, 0.4) is 0 Å². The van der Waals surface area contributed by atoms with E-state index in [2.05, 4.69) is 41.1 Å². The summed E-state index contributed by atoms with van der Waals surface area (Å²) in [6.07, 6.45) is 12.5. The van der Waals surface area contributed by atoms with Crippen molar-refractivity contribution in [2.75, 3.05) is 0 Å². The summed E-state index contributed by atoms with van der Waals surface area (Å²) in [5.74, 6) is -1.74. The van der Waals surface area contributed by atoms with Gasteiger partial charge in [-0.1, -0.05) is 25.3 Å². The zero-order valence-corrected chi connectivity index (χ0v) is 24.4. The summed E-state index contributed by atoms with van der Waals surface area (Å²) in [7, 11) is 0. The number of aliphatic imine (C=N–C) groups is 1. The summed E-state index contributed by atoms with van der Waals surface area (Å²) in [5.41, 5.74) is 10.3. The average Bonchev–Trinajstić information content (AvgIpc) is 3.59. The van der Waals surface area contributed by atoms with Gasteiger partial charge in [-0.05, 0) is 104 Å². The Labute approximate surface area is 243 Å². The number of nitrogens with one attached hydrogen (secondary N) is 3. The van der Waals surface area contributed by atoms with Gasteiger partial charge in [-0.25, -0.2) is 0 Å². The van der Waals surface area contributed by atoms with Crippen LogP contribution >= 0.6 is 0 Å². The minimum Gasteiger partial charge on any atom is -0.481 e. The molecule has 0 fully saturated rings. The third kappa shape index (κ3) is 5.16. The molecule has 0 saturated heterocycles. The second-order valence-corrected chi connectivity index (χ2v) is 10.9. The van der Waals surface area contributed by atoms with Crippen molar-refractivity contribution in [2.24, 2.45) is 4.99 Å². The quantitative estimate of drug-likeness (QED) is 0.288. The molecule has 0 amide bonds. The Kier molecular flexibility index (Phi) is 7.65. The van der Waals surface area contributed by atoms with Crippen molar-refractivity contribution in [1.29, 1.82) is 0 Å². The summed E-state index contributed by atoms with van der Waals surface area (Å²) in [4.78, 5) is 38.7. The lowest BCUT2D eigenvalue weighted by Gasteiger charge is -2.03. The van der Waals surface area contributed by atoms with Crippen molar-refractivity contribution in [2.45, 2.75) is 59.4 Å². The minimum absolute atomic E-state index is 0.00921. The maximum Gasteiger partial charge on any atom is 0.303 e. The second kappa shape index (κ2) is 11.2. The lowest BCUT2D eigenvalue weighted by molar-refractivity contribution is -0.138. The normalized spacial score (nSPS) is 15.7. The fraction of sp³-hybridized carbons (Fsp3) is 0.265. The van der Waals surface area contributed by atoms with E-state index < -0.39 is 11.9 Å². The third-order valence-corrected chi connectivity index (χ3v) is 8.47. The van der Waals surface area contributed by atoms with Gasteiger partial charge in [0.25, 0.3) is 0 Å². The number of hydrogen-bond acceptors (Lipinski definition) is 3. The SMILES string of the molecule is C=CC1=C(C)C2=NC1C=c1[nH]c(c(C=C)c1C)=Cc1[nH]c(c(CCC(=O)O)c1C)C=c1[nH]c(c(C)c1CCC(=O)O)=C2. The van der Waals surface area contributed by atoms with Crippen LogP contribution in [0.1, 0.15) is 64.5 Å². The molecular formula is C34H36N4O4. The molecule has 8 heteroatoms. The van der Waals surface area contributed by atoms with Crippen LogP contribution in [0.25, 0.3) is 30.4 Å². The third-order valence-electron chi connectivity index (χ3n) is 8.47. The highest BCUT2D eigenvalue weighted by atomic mass is 16.4. The maximum atomic E-state index is 11.5. The van der Waals surface area contributed by atoms with Crippen molar-refractivity contribution < 1.29 is 19.8 Å². The number of carboxylic acids is 2. The summed E-state index contributed by atoms with van der Waals surface area (Å²) in [6, 6.07) is -0.223. The summed E-state index contributed by atoms with van der Waals surface area (Å²) in [5, 5.41) is 22.4. The van der Waals surface area contributed by atoms with E-state index in [0.29, 0.717) is 12.8 Å². The van der Waals surface area contributed by atoms with Crippen LogP contribution in [0.4, 0.5) is 0 Å². The number of carboxylic acid groups (broad SMARTS) is 2. The molecule has 8 nitrogen and oxygen atoms in total. The molecule has 3 aromatic rings. The predicted molar refractivity (Wildman–Crippen MR) is 167 cm³/mol. The van der Waals surface area contributed by atoms with Crippen molar-refractivity contribution in [3.8, 4) is 0 Å². The molecule has 2 aliphatic heterocycles. The van der Waals surface area contributed by atoms with Crippen LogP contribution in [-0.4, -0.2) is 48.9 Å². The van der Waals surface area contributed by atoms with E-state index in [1.54, 1.807) is 0 Å². The van der Waals surface area contributed by atoms with Gasteiger partial charge in [0.05, 0.1) is 11.8 Å². The van der Waals surface area contributed by atoms with Crippen molar-refractivity contribution in [1.82, 2.24) is 15.0 Å². The zero-order valence-electron chi connectivity index (χ0n) is 24.4. The molecule has 1 unspecified atom stereocenters. The summed E-state index contributed by atoms with van der Waals surface area (Å²) < 4.78 is 0. The predicted octanol–water partition coefficient (Wildman–Crippen LogP) is 2.83. The molecule has 3 aromatic heterocycles. The number of H-pyrrole nitrogens is 3. The van der Waals surface area contributed by atoms with Crippen molar-refractivity contribution in [3.63, 3.8) is 0 Å². The first-order valence-corrected chi connectivity index (χ1v) is 14.0. The largest absolute Gasteiger partial charge is 0.481 e. The zero-order chi connectivity index (χ0) is 30.3. The highest BCUT2D eigenvalue weighted by Gasteiger charge is 2.22. The van der Waals surface area contributed by atoms with Crippen LogP contribution in [0.15, 0.2) is 35.4 Å². The fourth-order valence-corrected chi connectivity index (χ4v) is 6.01. The molecule has 1 atom stereocenters. The summed E-state index contributed by atoms with van der Waals surface area (Å²) >= 11 is 0. The highest BCUT2D eigenvalue weighted by Crippen LogP contribution is 2.25. The topological polar surface area (TPSA) is 134 Å². The van der Waals surface area contributed by atoms with E-state index in [9.17, 15) is 19.8 Å². The number of aliphatic carboxylic acids is 2. The molecular weight excluding hydrogens is 528 g/mol. The van der Waals surface area contributed by atoms with Crippen molar-refractivity contribution in [3.05, 3.63) is 96.5 Å². The van der Waals surface area contributed by atoms with Gasteiger partial charge in [-0.15, -0.1) is 0 Å². The number of aromatic nitrogens is 3. The molecule has 0 aliphatic carbocycles. The lowest BCUT2D eigenvalue weighted by Crippen LogP contribution is -2.15. The number of carbonyl (C=O) groups is 2. The molecule has 216 valence electrons. The molecule has 5 heterocycles. The smallest absolute Gasteiger partial charge is 0.303 e. The van der Waals surface area contributed by atoms with Gasteiger partial charge < -0.3 is 25.2 Å². The number of hydrogen-bond donors (Lipinski definition) is 5. The Morgan fingerprint density at radius 3 is 2.07 bits per heavy atom. The molecule has 0 radical (unpaired) electrons. The average molecular weight is 565 g/mol. The molecule has 0 aromatic carbocycles. The molecule has 5 N–H and O–H groups in total. The van der Waals surface area contributed by atoms with Gasteiger partial charge >= 0.3 is 11.9 Å². The number of aromatic amines is 3. The van der Waals surface area contributed by atoms with E-state index in [4.69, 9.17) is 4.99 Å². The molecule has 8 bridgehead atoms. The van der Waals surface area contributed by atoms with Gasteiger partial charge in [-0.3, -0.25) is 14.6 Å². The van der Waals surface area contributed by atoms with Crippen molar-refractivity contribution >= 4 is 48.0 Å². The van der Waals surface area contributed by atoms with E-state index >= 15 is 0 Å². The number of nitrogens with zero attached hydrogens (tertiary/aromatic N) is 1. The molecule has 0 saturated carbocycles. The first-order valence-electron chi connectivity index (χ1n) is 14.0. The first-order chi connectivity index (χ1) is 20.0. The monoisotopic (exact) mass is 564 g/mol. The maximum absolute atomic E-state index is 11.5. The Bertz CT molecular complexity index is 1970.